The number of nitro benzene ring substituents is 1. The summed E-state index contributed by atoms with van der Waals surface area (Å²) in [5, 5.41) is 13.4. The quantitative estimate of drug-likeness (QED) is 0.216. The number of halogens is 1. The second-order valence-electron chi connectivity index (χ2n) is 7.56. The molecule has 4 rings (SSSR count). The summed E-state index contributed by atoms with van der Waals surface area (Å²) in [6.45, 7) is 0.0517. The fourth-order valence-corrected chi connectivity index (χ4v) is 3.67. The Morgan fingerprint density at radius 2 is 1.81 bits per heavy atom. The standard InChI is InChI=1S/C25H18ClN3O7/c1-35-22-12-15(8-9-21(22)36-14-16-4-2-7-19(10-16)29(33)34)11-20-23(30)27-25(32)28(24(20)31)18-6-3-5-17(26)13-18/h2-13H,14H2,1H3,(H,27,30,32)/b20-11+. The third-order valence-corrected chi connectivity index (χ3v) is 5.42. The zero-order valence-corrected chi connectivity index (χ0v) is 19.5. The van der Waals surface area contributed by atoms with Gasteiger partial charge in [-0.2, -0.15) is 0 Å². The van der Waals surface area contributed by atoms with Crippen LogP contribution in [0.5, 0.6) is 11.5 Å². The number of nitrogens with one attached hydrogen (secondary N) is 1. The first kappa shape index (κ1) is 24.4. The van der Waals surface area contributed by atoms with Crippen LogP contribution in [0.25, 0.3) is 6.08 Å². The van der Waals surface area contributed by atoms with Crippen molar-refractivity contribution in [1.82, 2.24) is 5.32 Å². The van der Waals surface area contributed by atoms with Crippen molar-refractivity contribution in [2.45, 2.75) is 6.61 Å². The number of rotatable bonds is 7. The number of ether oxygens (including phenoxy) is 2. The van der Waals surface area contributed by atoms with Gasteiger partial charge in [-0.3, -0.25) is 25.0 Å². The molecule has 11 heteroatoms. The van der Waals surface area contributed by atoms with E-state index in [9.17, 15) is 24.5 Å². The number of nitrogens with zero attached hydrogens (tertiary/aromatic N) is 2. The maximum Gasteiger partial charge on any atom is 0.335 e. The summed E-state index contributed by atoms with van der Waals surface area (Å²) in [5.74, 6) is -0.994. The molecule has 36 heavy (non-hydrogen) atoms. The van der Waals surface area contributed by atoms with E-state index in [1.165, 1.54) is 37.5 Å². The lowest BCUT2D eigenvalue weighted by Gasteiger charge is -2.26. The smallest absolute Gasteiger partial charge is 0.335 e. The second-order valence-corrected chi connectivity index (χ2v) is 8.00. The number of benzene rings is 3. The highest BCUT2D eigenvalue weighted by Gasteiger charge is 2.36. The molecule has 0 radical (unpaired) electrons. The Kier molecular flexibility index (Phi) is 6.98. The molecule has 1 heterocycles. The molecule has 4 amide bonds. The van der Waals surface area contributed by atoms with Gasteiger partial charge in [0, 0.05) is 17.2 Å². The van der Waals surface area contributed by atoms with E-state index in [0.717, 1.165) is 4.90 Å². The number of hydrogen-bond donors (Lipinski definition) is 1. The van der Waals surface area contributed by atoms with Crippen molar-refractivity contribution in [3.05, 3.63) is 98.6 Å². The third-order valence-electron chi connectivity index (χ3n) is 5.18. The molecule has 0 aromatic heterocycles. The molecule has 1 N–H and O–H groups in total. The number of methoxy groups -OCH3 is 1. The van der Waals surface area contributed by atoms with Crippen LogP contribution in [0.1, 0.15) is 11.1 Å². The molecule has 0 aliphatic carbocycles. The van der Waals surface area contributed by atoms with Gasteiger partial charge in [0.25, 0.3) is 17.5 Å². The Morgan fingerprint density at radius 3 is 2.53 bits per heavy atom. The first-order valence-electron chi connectivity index (χ1n) is 10.5. The molecule has 0 spiro atoms. The van der Waals surface area contributed by atoms with E-state index >= 15 is 0 Å². The highest BCUT2D eigenvalue weighted by molar-refractivity contribution is 6.39. The van der Waals surface area contributed by atoms with Crippen molar-refractivity contribution in [2.75, 3.05) is 12.0 Å². The number of carbonyl (C=O) groups excluding carboxylic acids is 3. The molecule has 1 aliphatic rings. The normalized spacial score (nSPS) is 14.6. The number of carbonyl (C=O) groups is 3. The van der Waals surface area contributed by atoms with Gasteiger partial charge >= 0.3 is 6.03 Å². The van der Waals surface area contributed by atoms with Crippen LogP contribution >= 0.6 is 11.6 Å². The molecular formula is C25H18ClN3O7. The van der Waals surface area contributed by atoms with E-state index in [0.29, 0.717) is 27.6 Å². The Bertz CT molecular complexity index is 1420. The van der Waals surface area contributed by atoms with Crippen LogP contribution in [-0.2, 0) is 16.2 Å². The van der Waals surface area contributed by atoms with Gasteiger partial charge in [0.1, 0.15) is 12.2 Å². The van der Waals surface area contributed by atoms with Crippen molar-refractivity contribution >= 4 is 46.9 Å². The average Bonchev–Trinajstić information content (AvgIpc) is 2.85. The molecule has 0 bridgehead atoms. The predicted octanol–water partition coefficient (Wildman–Crippen LogP) is 4.50. The monoisotopic (exact) mass is 507 g/mol. The zero-order chi connectivity index (χ0) is 25.8. The molecule has 1 fully saturated rings. The molecule has 0 atom stereocenters. The predicted molar refractivity (Wildman–Crippen MR) is 131 cm³/mol. The lowest BCUT2D eigenvalue weighted by atomic mass is 10.1. The molecule has 1 saturated heterocycles. The van der Waals surface area contributed by atoms with Crippen LogP contribution in [0.2, 0.25) is 5.02 Å². The molecule has 10 nitrogen and oxygen atoms in total. The summed E-state index contributed by atoms with van der Waals surface area (Å²) < 4.78 is 11.1. The van der Waals surface area contributed by atoms with E-state index in [1.54, 1.807) is 42.5 Å². The fraction of sp³-hybridized carbons (Fsp3) is 0.0800. The SMILES string of the molecule is COc1cc(/C=C2\C(=O)NC(=O)N(c3cccc(Cl)c3)C2=O)ccc1OCc1cccc([N+](=O)[O-])c1. The van der Waals surface area contributed by atoms with Gasteiger partial charge in [0.05, 0.1) is 17.7 Å². The highest BCUT2D eigenvalue weighted by Crippen LogP contribution is 2.31. The minimum Gasteiger partial charge on any atom is -0.493 e. The fourth-order valence-electron chi connectivity index (χ4n) is 3.49. The Balaban J connectivity index is 1.58. The Labute approximate surface area is 209 Å². The summed E-state index contributed by atoms with van der Waals surface area (Å²) in [6, 6.07) is 16.0. The summed E-state index contributed by atoms with van der Waals surface area (Å²) in [5.41, 5.74) is 0.930. The summed E-state index contributed by atoms with van der Waals surface area (Å²) in [6.07, 6.45) is 1.33. The van der Waals surface area contributed by atoms with Crippen molar-refractivity contribution in [3.8, 4) is 11.5 Å². The summed E-state index contributed by atoms with van der Waals surface area (Å²) in [4.78, 5) is 49.1. The van der Waals surface area contributed by atoms with Crippen LogP contribution < -0.4 is 19.7 Å². The van der Waals surface area contributed by atoms with E-state index in [4.69, 9.17) is 21.1 Å². The summed E-state index contributed by atoms with van der Waals surface area (Å²) >= 11 is 5.98. The lowest BCUT2D eigenvalue weighted by molar-refractivity contribution is -0.384. The van der Waals surface area contributed by atoms with Gasteiger partial charge in [-0.15, -0.1) is 0 Å². The average molecular weight is 508 g/mol. The van der Waals surface area contributed by atoms with E-state index in [1.807, 2.05) is 0 Å². The number of nitro groups is 1. The Morgan fingerprint density at radius 1 is 1.03 bits per heavy atom. The van der Waals surface area contributed by atoms with Crippen molar-refractivity contribution in [1.29, 1.82) is 0 Å². The zero-order valence-electron chi connectivity index (χ0n) is 18.8. The molecule has 3 aromatic rings. The first-order chi connectivity index (χ1) is 17.3. The topological polar surface area (TPSA) is 128 Å². The maximum absolute atomic E-state index is 13.0. The van der Waals surface area contributed by atoms with Crippen LogP contribution in [-0.4, -0.2) is 29.9 Å². The number of amides is 4. The van der Waals surface area contributed by atoms with Crippen LogP contribution in [0.4, 0.5) is 16.2 Å². The minimum absolute atomic E-state index is 0.0502. The van der Waals surface area contributed by atoms with Crippen molar-refractivity contribution in [3.63, 3.8) is 0 Å². The largest absolute Gasteiger partial charge is 0.493 e. The van der Waals surface area contributed by atoms with Crippen molar-refractivity contribution < 1.29 is 28.8 Å². The highest BCUT2D eigenvalue weighted by atomic mass is 35.5. The summed E-state index contributed by atoms with van der Waals surface area (Å²) in [7, 11) is 1.42. The number of hydrogen-bond acceptors (Lipinski definition) is 7. The molecule has 3 aromatic carbocycles. The van der Waals surface area contributed by atoms with Crippen LogP contribution in [0, 0.1) is 10.1 Å². The lowest BCUT2D eigenvalue weighted by Crippen LogP contribution is -2.54. The molecular weight excluding hydrogens is 490 g/mol. The van der Waals surface area contributed by atoms with E-state index in [-0.39, 0.29) is 23.6 Å². The van der Waals surface area contributed by atoms with Crippen LogP contribution in [0.15, 0.2) is 72.3 Å². The van der Waals surface area contributed by atoms with Crippen LogP contribution in [0.3, 0.4) is 0 Å². The first-order valence-corrected chi connectivity index (χ1v) is 10.9. The van der Waals surface area contributed by atoms with Gasteiger partial charge in [-0.25, -0.2) is 9.69 Å². The number of anilines is 1. The number of barbiturate groups is 1. The minimum atomic E-state index is -0.883. The third kappa shape index (κ3) is 5.18. The molecule has 1 aliphatic heterocycles. The van der Waals surface area contributed by atoms with Gasteiger partial charge in [-0.05, 0) is 47.5 Å². The Hall–Kier alpha value is -4.70. The number of imide groups is 2. The second kappa shape index (κ2) is 10.3. The van der Waals surface area contributed by atoms with Gasteiger partial charge in [0.15, 0.2) is 11.5 Å². The van der Waals surface area contributed by atoms with E-state index < -0.39 is 22.8 Å². The number of non-ortho nitro benzene ring substituents is 1. The van der Waals surface area contributed by atoms with Gasteiger partial charge in [0.2, 0.25) is 0 Å². The van der Waals surface area contributed by atoms with E-state index in [2.05, 4.69) is 5.32 Å². The van der Waals surface area contributed by atoms with Gasteiger partial charge in [-0.1, -0.05) is 35.9 Å². The van der Waals surface area contributed by atoms with Gasteiger partial charge < -0.3 is 9.47 Å². The molecule has 0 saturated carbocycles. The number of urea groups is 1. The molecule has 182 valence electrons. The maximum atomic E-state index is 13.0. The molecule has 0 unspecified atom stereocenters. The van der Waals surface area contributed by atoms with Crippen molar-refractivity contribution in [2.24, 2.45) is 0 Å².